The van der Waals surface area contributed by atoms with Crippen molar-refractivity contribution in [3.8, 4) is 11.5 Å². The van der Waals surface area contributed by atoms with E-state index in [1.54, 1.807) is 18.3 Å². The second-order valence-corrected chi connectivity index (χ2v) is 6.00. The van der Waals surface area contributed by atoms with Gasteiger partial charge in [0.1, 0.15) is 18.5 Å². The van der Waals surface area contributed by atoms with Crippen LogP contribution >= 0.6 is 0 Å². The molecule has 3 aromatic rings. The van der Waals surface area contributed by atoms with Gasteiger partial charge in [-0.3, -0.25) is 14.0 Å². The molecule has 0 amide bonds. The molecule has 0 bridgehead atoms. The summed E-state index contributed by atoms with van der Waals surface area (Å²) in [7, 11) is 1.43. The molecule has 3 rings (SSSR count). The number of methoxy groups -OCH3 is 1. The highest BCUT2D eigenvalue weighted by Gasteiger charge is 2.11. The van der Waals surface area contributed by atoms with Gasteiger partial charge in [-0.15, -0.1) is 0 Å². The lowest BCUT2D eigenvalue weighted by Crippen LogP contribution is -2.19. The molecule has 2 aromatic heterocycles. The molecule has 0 saturated heterocycles. The number of nitrogens with zero attached hydrogens (tertiary/aromatic N) is 2. The van der Waals surface area contributed by atoms with E-state index < -0.39 is 5.97 Å². The first kappa shape index (κ1) is 19.1. The fraction of sp³-hybridized carbons (Fsp3) is 0.200. The Morgan fingerprint density at radius 1 is 1.18 bits per heavy atom. The van der Waals surface area contributed by atoms with Crippen molar-refractivity contribution < 1.29 is 23.8 Å². The molecule has 0 aliphatic rings. The van der Waals surface area contributed by atoms with Crippen molar-refractivity contribution in [3.63, 3.8) is 0 Å². The molecule has 144 valence electrons. The minimum absolute atomic E-state index is 0.150. The Hall–Kier alpha value is -3.68. The van der Waals surface area contributed by atoms with E-state index in [-0.39, 0.29) is 18.8 Å². The van der Waals surface area contributed by atoms with E-state index >= 15 is 0 Å². The lowest BCUT2D eigenvalue weighted by molar-refractivity contribution is -0.147. The normalized spacial score (nSPS) is 10.5. The highest BCUT2D eigenvalue weighted by Crippen LogP contribution is 2.27. The first-order valence-corrected chi connectivity index (χ1v) is 8.41. The molecular weight excluding hydrogens is 364 g/mol. The molecule has 0 unspecified atom stereocenters. The number of aryl methyl sites for hydroxylation is 1. The smallest absolute Gasteiger partial charge is 0.344 e. The molecule has 2 heterocycles. The van der Waals surface area contributed by atoms with Gasteiger partial charge in [0.25, 0.3) is 5.56 Å². The molecule has 28 heavy (non-hydrogen) atoms. The maximum atomic E-state index is 12.1. The van der Waals surface area contributed by atoms with Crippen molar-refractivity contribution in [2.24, 2.45) is 0 Å². The van der Waals surface area contributed by atoms with Gasteiger partial charge in [0.2, 0.25) is 0 Å². The Balaban J connectivity index is 1.62. The van der Waals surface area contributed by atoms with Gasteiger partial charge in [-0.1, -0.05) is 6.07 Å². The van der Waals surface area contributed by atoms with Crippen molar-refractivity contribution in [3.05, 3.63) is 69.8 Å². The van der Waals surface area contributed by atoms with E-state index in [1.807, 2.05) is 13.0 Å². The summed E-state index contributed by atoms with van der Waals surface area (Å²) in [6.07, 6.45) is 2.37. The summed E-state index contributed by atoms with van der Waals surface area (Å²) in [6, 6.07) is 9.46. The van der Waals surface area contributed by atoms with Crippen molar-refractivity contribution in [2.45, 2.75) is 13.5 Å². The van der Waals surface area contributed by atoms with Gasteiger partial charge < -0.3 is 14.2 Å². The number of pyridine rings is 1. The summed E-state index contributed by atoms with van der Waals surface area (Å²) in [4.78, 5) is 39.2. The van der Waals surface area contributed by atoms with Gasteiger partial charge in [-0.2, -0.15) is 0 Å². The molecule has 0 radical (unpaired) electrons. The van der Waals surface area contributed by atoms with Gasteiger partial charge in [-0.25, -0.2) is 9.78 Å². The Bertz CT molecular complexity index is 1090. The Labute approximate surface area is 160 Å². The molecule has 0 fully saturated rings. The number of ether oxygens (including phenoxy) is 3. The topological polar surface area (TPSA) is 96.2 Å². The molecule has 0 atom stereocenters. The summed E-state index contributed by atoms with van der Waals surface area (Å²) in [5, 5.41) is 0. The lowest BCUT2D eigenvalue weighted by Gasteiger charge is -2.11. The molecule has 8 nitrogen and oxygen atoms in total. The number of hydrogen-bond donors (Lipinski definition) is 0. The van der Waals surface area contributed by atoms with E-state index in [0.29, 0.717) is 34.7 Å². The quantitative estimate of drug-likeness (QED) is 0.455. The van der Waals surface area contributed by atoms with Gasteiger partial charge in [0.15, 0.2) is 18.1 Å². The van der Waals surface area contributed by atoms with Gasteiger partial charge in [0.05, 0.1) is 12.8 Å². The second kappa shape index (κ2) is 8.34. The highest BCUT2D eigenvalue weighted by atomic mass is 16.6. The fourth-order valence-corrected chi connectivity index (χ4v) is 2.54. The van der Waals surface area contributed by atoms with E-state index in [9.17, 15) is 14.4 Å². The number of fused-ring (bicyclic) bond motifs is 1. The lowest BCUT2D eigenvalue weighted by atomic mass is 10.2. The first-order chi connectivity index (χ1) is 13.5. The van der Waals surface area contributed by atoms with Crippen LogP contribution in [0.3, 0.4) is 0 Å². The van der Waals surface area contributed by atoms with Crippen molar-refractivity contribution in [2.75, 3.05) is 13.7 Å². The largest absolute Gasteiger partial charge is 0.493 e. The molecule has 8 heteroatoms. The summed E-state index contributed by atoms with van der Waals surface area (Å²) in [5.41, 5.74) is 1.92. The molecule has 0 spiro atoms. The number of carbonyl (C=O) groups excluding carboxylic acids is 2. The SMILES string of the molecule is COc1cc(C=O)ccc1OCC(=O)OCc1cc(=O)n2cc(C)ccc2n1. The minimum atomic E-state index is -0.632. The van der Waals surface area contributed by atoms with E-state index in [1.165, 1.54) is 29.7 Å². The fourth-order valence-electron chi connectivity index (χ4n) is 2.54. The molecule has 0 N–H and O–H groups in total. The van der Waals surface area contributed by atoms with Gasteiger partial charge in [0, 0.05) is 17.8 Å². The summed E-state index contributed by atoms with van der Waals surface area (Å²) < 4.78 is 17.1. The zero-order valence-electron chi connectivity index (χ0n) is 15.4. The van der Waals surface area contributed by atoms with Crippen LogP contribution in [0.25, 0.3) is 5.65 Å². The molecular formula is C20H18N2O6. The molecule has 0 saturated carbocycles. The van der Waals surface area contributed by atoms with E-state index in [2.05, 4.69) is 4.98 Å². The monoisotopic (exact) mass is 382 g/mol. The maximum Gasteiger partial charge on any atom is 0.344 e. The van der Waals surface area contributed by atoms with Crippen LogP contribution in [-0.4, -0.2) is 35.4 Å². The van der Waals surface area contributed by atoms with Gasteiger partial charge >= 0.3 is 5.97 Å². The molecule has 0 aliphatic heterocycles. The third-order valence-corrected chi connectivity index (χ3v) is 3.91. The van der Waals surface area contributed by atoms with Crippen LogP contribution in [0.1, 0.15) is 21.6 Å². The zero-order chi connectivity index (χ0) is 20.1. The average molecular weight is 382 g/mol. The van der Waals surface area contributed by atoms with Crippen molar-refractivity contribution in [1.29, 1.82) is 0 Å². The predicted molar refractivity (Wildman–Crippen MR) is 99.9 cm³/mol. The molecule has 1 aromatic carbocycles. The number of esters is 1. The van der Waals surface area contributed by atoms with Crippen LogP contribution in [-0.2, 0) is 16.1 Å². The zero-order valence-corrected chi connectivity index (χ0v) is 15.4. The number of aldehydes is 1. The van der Waals surface area contributed by atoms with Crippen molar-refractivity contribution >= 4 is 17.9 Å². The van der Waals surface area contributed by atoms with Crippen LogP contribution in [0.5, 0.6) is 11.5 Å². The van der Waals surface area contributed by atoms with Crippen LogP contribution in [0.15, 0.2) is 47.4 Å². The summed E-state index contributed by atoms with van der Waals surface area (Å²) in [6.45, 7) is 1.37. The first-order valence-electron chi connectivity index (χ1n) is 8.41. The van der Waals surface area contributed by atoms with Gasteiger partial charge in [-0.05, 0) is 36.8 Å². The third-order valence-electron chi connectivity index (χ3n) is 3.91. The number of aromatic nitrogens is 2. The predicted octanol–water partition coefficient (Wildman–Crippen LogP) is 1.95. The van der Waals surface area contributed by atoms with Crippen LogP contribution in [0, 0.1) is 6.92 Å². The Morgan fingerprint density at radius 2 is 2.00 bits per heavy atom. The van der Waals surface area contributed by atoms with Crippen LogP contribution < -0.4 is 15.0 Å². The standard InChI is InChI=1S/C20H18N2O6/c1-13-3-6-18-21-15(8-19(24)22(18)9-13)11-28-20(25)12-27-16-5-4-14(10-23)7-17(16)26-2/h3-10H,11-12H2,1-2H3. The Kier molecular flexibility index (Phi) is 5.69. The number of benzene rings is 1. The van der Waals surface area contributed by atoms with E-state index in [4.69, 9.17) is 14.2 Å². The van der Waals surface area contributed by atoms with Crippen LogP contribution in [0.2, 0.25) is 0 Å². The van der Waals surface area contributed by atoms with Crippen LogP contribution in [0.4, 0.5) is 0 Å². The number of hydrogen-bond acceptors (Lipinski definition) is 7. The van der Waals surface area contributed by atoms with Crippen molar-refractivity contribution in [1.82, 2.24) is 9.38 Å². The molecule has 0 aliphatic carbocycles. The number of carbonyl (C=O) groups is 2. The van der Waals surface area contributed by atoms with E-state index in [0.717, 1.165) is 5.56 Å². The number of rotatable bonds is 7. The Morgan fingerprint density at radius 3 is 2.75 bits per heavy atom. The average Bonchev–Trinajstić information content (AvgIpc) is 2.71. The summed E-state index contributed by atoms with van der Waals surface area (Å²) in [5.74, 6) is 0.00632. The minimum Gasteiger partial charge on any atom is -0.493 e. The third kappa shape index (κ3) is 4.35. The highest BCUT2D eigenvalue weighted by molar-refractivity contribution is 5.76. The maximum absolute atomic E-state index is 12.1. The second-order valence-electron chi connectivity index (χ2n) is 6.00. The summed E-state index contributed by atoms with van der Waals surface area (Å²) >= 11 is 0.